The zero-order valence-corrected chi connectivity index (χ0v) is 13.8. The van der Waals surface area contributed by atoms with Crippen molar-refractivity contribution in [3.8, 4) is 0 Å². The Kier molecular flexibility index (Phi) is 3.59. The van der Waals surface area contributed by atoms with E-state index < -0.39 is 0 Å². The molecule has 0 spiro atoms. The number of carbonyl (C=O) groups is 1. The lowest BCUT2D eigenvalue weighted by Crippen LogP contribution is -2.23. The van der Waals surface area contributed by atoms with Crippen LogP contribution in [0.3, 0.4) is 0 Å². The molecule has 24 heavy (non-hydrogen) atoms. The maximum Gasteiger partial charge on any atom is 0.219 e. The molecule has 2 heterocycles. The number of nitrogens with one attached hydrogen (secondary N) is 2. The molecule has 0 bridgehead atoms. The first-order chi connectivity index (χ1) is 11.6. The minimum atomic E-state index is -0.241. The summed E-state index contributed by atoms with van der Waals surface area (Å²) in [5, 5.41) is 14.4. The van der Waals surface area contributed by atoms with Crippen LogP contribution in [0.4, 0.5) is 11.6 Å². The molecule has 1 atom stereocenters. The maximum absolute atomic E-state index is 12.6. The normalized spacial score (nSPS) is 20.1. The number of Topliss-reactive ketones (excluding diaryl/α,β-unsaturated/α-hetero) is 1. The molecule has 1 aromatic carbocycles. The van der Waals surface area contributed by atoms with Gasteiger partial charge < -0.3 is 10.6 Å². The van der Waals surface area contributed by atoms with E-state index in [2.05, 4.69) is 59.1 Å². The summed E-state index contributed by atoms with van der Waals surface area (Å²) in [7, 11) is 0. The van der Waals surface area contributed by atoms with Gasteiger partial charge in [-0.3, -0.25) is 4.79 Å². The van der Waals surface area contributed by atoms with E-state index in [1.54, 1.807) is 0 Å². The molecule has 2 aliphatic rings. The average Bonchev–Trinajstić information content (AvgIpc) is 2.94. The summed E-state index contributed by atoms with van der Waals surface area (Å²) >= 11 is 0. The highest BCUT2D eigenvalue weighted by Crippen LogP contribution is 2.39. The van der Waals surface area contributed by atoms with Crippen LogP contribution >= 0.6 is 0 Å². The van der Waals surface area contributed by atoms with Gasteiger partial charge in [-0.25, -0.2) is 4.63 Å². The summed E-state index contributed by atoms with van der Waals surface area (Å²) < 4.78 is 4.83. The molecule has 6 heteroatoms. The average molecular weight is 324 g/mol. The van der Waals surface area contributed by atoms with Crippen molar-refractivity contribution in [3.05, 3.63) is 46.7 Å². The smallest absolute Gasteiger partial charge is 0.219 e. The second-order valence-electron chi connectivity index (χ2n) is 6.65. The van der Waals surface area contributed by atoms with E-state index in [9.17, 15) is 4.79 Å². The Labute approximate surface area is 140 Å². The molecule has 0 amide bonds. The zero-order chi connectivity index (χ0) is 16.7. The van der Waals surface area contributed by atoms with Crippen LogP contribution in [0.5, 0.6) is 0 Å². The van der Waals surface area contributed by atoms with E-state index >= 15 is 0 Å². The van der Waals surface area contributed by atoms with E-state index in [0.29, 0.717) is 24.0 Å². The largest absolute Gasteiger partial charge is 0.353 e. The SMILES string of the molecule is CC(C)c1ccc(C2Nc3nonc3NC3=C2C(=O)CCC3)cc1. The second-order valence-corrected chi connectivity index (χ2v) is 6.65. The van der Waals surface area contributed by atoms with E-state index in [1.165, 1.54) is 5.56 Å². The fourth-order valence-electron chi connectivity index (χ4n) is 3.37. The lowest BCUT2D eigenvalue weighted by Gasteiger charge is -2.25. The van der Waals surface area contributed by atoms with Crippen LogP contribution in [0.2, 0.25) is 0 Å². The molecule has 6 nitrogen and oxygen atoms in total. The van der Waals surface area contributed by atoms with Crippen molar-refractivity contribution in [2.75, 3.05) is 10.6 Å². The van der Waals surface area contributed by atoms with E-state index in [0.717, 1.165) is 29.7 Å². The van der Waals surface area contributed by atoms with Gasteiger partial charge in [-0.2, -0.15) is 0 Å². The lowest BCUT2D eigenvalue weighted by atomic mass is 9.86. The summed E-state index contributed by atoms with van der Waals surface area (Å²) in [6.45, 7) is 4.34. The monoisotopic (exact) mass is 324 g/mol. The molecule has 1 aliphatic heterocycles. The van der Waals surface area contributed by atoms with Crippen LogP contribution in [0.1, 0.15) is 56.2 Å². The number of benzene rings is 1. The van der Waals surface area contributed by atoms with Gasteiger partial charge in [-0.15, -0.1) is 0 Å². The maximum atomic E-state index is 12.6. The molecule has 1 unspecified atom stereocenters. The number of aromatic nitrogens is 2. The van der Waals surface area contributed by atoms with E-state index in [1.807, 2.05) is 0 Å². The fourth-order valence-corrected chi connectivity index (χ4v) is 3.37. The van der Waals surface area contributed by atoms with Crippen LogP contribution < -0.4 is 10.6 Å². The number of fused-ring (bicyclic) bond motifs is 1. The minimum absolute atomic E-state index is 0.177. The first-order valence-corrected chi connectivity index (χ1v) is 8.35. The van der Waals surface area contributed by atoms with Gasteiger partial charge in [0, 0.05) is 17.7 Å². The van der Waals surface area contributed by atoms with Crippen molar-refractivity contribution in [2.45, 2.75) is 45.1 Å². The van der Waals surface area contributed by atoms with Gasteiger partial charge in [0.15, 0.2) is 5.78 Å². The number of hydrogen-bond donors (Lipinski definition) is 2. The Morgan fingerprint density at radius 1 is 1.12 bits per heavy atom. The number of nitrogens with zero attached hydrogens (tertiary/aromatic N) is 2. The standard InChI is InChI=1S/C18H20N4O2/c1-10(2)11-6-8-12(9-7-11)16-15-13(4-3-5-14(15)23)19-17-18(20-16)22-24-21-17/h6-10,16H,3-5H2,1-2H3,(H,19,21)(H,20,22). The van der Waals surface area contributed by atoms with E-state index in [-0.39, 0.29) is 11.8 Å². The highest BCUT2D eigenvalue weighted by atomic mass is 16.6. The molecule has 0 radical (unpaired) electrons. The highest BCUT2D eigenvalue weighted by molar-refractivity contribution is 6.00. The third-order valence-electron chi connectivity index (χ3n) is 4.72. The van der Waals surface area contributed by atoms with E-state index in [4.69, 9.17) is 4.63 Å². The van der Waals surface area contributed by atoms with Gasteiger partial charge in [-0.1, -0.05) is 38.1 Å². The van der Waals surface area contributed by atoms with Crippen molar-refractivity contribution in [1.29, 1.82) is 0 Å². The third kappa shape index (κ3) is 2.48. The first-order valence-electron chi connectivity index (χ1n) is 8.35. The number of hydrogen-bond acceptors (Lipinski definition) is 6. The lowest BCUT2D eigenvalue weighted by molar-refractivity contribution is -0.116. The minimum Gasteiger partial charge on any atom is -0.353 e. The van der Waals surface area contributed by atoms with Gasteiger partial charge in [0.25, 0.3) is 0 Å². The Morgan fingerprint density at radius 2 is 1.88 bits per heavy atom. The molecule has 124 valence electrons. The summed E-state index contributed by atoms with van der Waals surface area (Å²) in [5.41, 5.74) is 4.03. The van der Waals surface area contributed by atoms with Gasteiger partial charge in [0.2, 0.25) is 11.6 Å². The Balaban J connectivity index is 1.80. The van der Waals surface area contributed by atoms with Gasteiger partial charge in [0.05, 0.1) is 6.04 Å². The number of rotatable bonds is 2. The summed E-state index contributed by atoms with van der Waals surface area (Å²) in [5.74, 6) is 1.73. The van der Waals surface area contributed by atoms with Crippen molar-refractivity contribution in [3.63, 3.8) is 0 Å². The van der Waals surface area contributed by atoms with Crippen LogP contribution in [-0.4, -0.2) is 16.1 Å². The van der Waals surface area contributed by atoms with Crippen molar-refractivity contribution in [2.24, 2.45) is 0 Å². The molecular formula is C18H20N4O2. The van der Waals surface area contributed by atoms with Crippen LogP contribution in [0.25, 0.3) is 0 Å². The van der Waals surface area contributed by atoms with Crippen molar-refractivity contribution in [1.82, 2.24) is 10.3 Å². The topological polar surface area (TPSA) is 80.1 Å². The van der Waals surface area contributed by atoms with Crippen molar-refractivity contribution >= 4 is 17.4 Å². The number of allylic oxidation sites excluding steroid dienone is 1. The van der Waals surface area contributed by atoms with Gasteiger partial charge >= 0.3 is 0 Å². The molecule has 1 aromatic heterocycles. The third-order valence-corrected chi connectivity index (χ3v) is 4.72. The van der Waals surface area contributed by atoms with Crippen LogP contribution in [-0.2, 0) is 4.79 Å². The highest BCUT2D eigenvalue weighted by Gasteiger charge is 2.33. The van der Waals surface area contributed by atoms with Crippen LogP contribution in [0.15, 0.2) is 40.2 Å². The number of anilines is 2. The number of ketones is 1. The molecule has 4 rings (SSSR count). The molecule has 0 saturated heterocycles. The van der Waals surface area contributed by atoms with Crippen molar-refractivity contribution < 1.29 is 9.42 Å². The molecule has 2 aromatic rings. The Bertz CT molecular complexity index is 805. The Hall–Kier alpha value is -2.63. The molecule has 0 fully saturated rings. The van der Waals surface area contributed by atoms with Gasteiger partial charge in [-0.05, 0) is 40.2 Å². The molecule has 0 saturated carbocycles. The predicted molar refractivity (Wildman–Crippen MR) is 90.7 cm³/mol. The fraction of sp³-hybridized carbons (Fsp3) is 0.389. The summed E-state index contributed by atoms with van der Waals surface area (Å²) in [4.78, 5) is 12.6. The van der Waals surface area contributed by atoms with Crippen LogP contribution in [0, 0.1) is 0 Å². The predicted octanol–water partition coefficient (Wildman–Crippen LogP) is 3.78. The second kappa shape index (κ2) is 5.78. The molecule has 1 aliphatic carbocycles. The summed E-state index contributed by atoms with van der Waals surface area (Å²) in [6, 6.07) is 8.16. The van der Waals surface area contributed by atoms with Gasteiger partial charge in [0.1, 0.15) is 0 Å². The molecular weight excluding hydrogens is 304 g/mol. The number of carbonyl (C=O) groups excluding carboxylic acids is 1. The quantitative estimate of drug-likeness (QED) is 0.875. The molecule has 2 N–H and O–H groups in total. The zero-order valence-electron chi connectivity index (χ0n) is 13.8. The Morgan fingerprint density at radius 3 is 2.62 bits per heavy atom. The summed E-state index contributed by atoms with van der Waals surface area (Å²) in [6.07, 6.45) is 2.26. The first kappa shape index (κ1) is 14.9.